The number of hydrogen-bond donors (Lipinski definition) is 2. The van der Waals surface area contributed by atoms with E-state index >= 15 is 0 Å². The number of esters is 1. The monoisotopic (exact) mass is 392 g/mol. The van der Waals surface area contributed by atoms with Crippen molar-refractivity contribution in [3.8, 4) is 5.75 Å². The van der Waals surface area contributed by atoms with Gasteiger partial charge in [0.1, 0.15) is 5.75 Å². The highest BCUT2D eigenvalue weighted by molar-refractivity contribution is 5.71. The molecular formula is C24H28N2O3. The molecule has 0 saturated carbocycles. The highest BCUT2D eigenvalue weighted by Gasteiger charge is 2.11. The molecule has 5 nitrogen and oxygen atoms in total. The molecule has 3 rings (SSSR count). The summed E-state index contributed by atoms with van der Waals surface area (Å²) in [5.74, 6) is 0.687. The SMILES string of the molecule is COc1ccc(C2=CC=C(CCC(=O)OCCc3cc(N)cc(N)c3)CC2)cc1. The quantitative estimate of drug-likeness (QED) is 0.509. The van der Waals surface area contributed by atoms with Crippen LogP contribution in [0.25, 0.3) is 5.57 Å². The molecule has 0 saturated heterocycles. The minimum atomic E-state index is -0.173. The molecule has 2 aromatic rings. The molecule has 0 radical (unpaired) electrons. The average Bonchev–Trinajstić information content (AvgIpc) is 2.72. The zero-order valence-electron chi connectivity index (χ0n) is 16.8. The molecule has 0 aromatic heterocycles. The standard InChI is InChI=1S/C24H28N2O3/c1-28-23-9-7-20(8-10-23)19-5-2-17(3-6-19)4-11-24(27)29-13-12-18-14-21(25)16-22(26)15-18/h2,5,7-10,14-16H,3-4,6,11-13,25-26H2,1H3. The van der Waals surface area contributed by atoms with Crippen LogP contribution in [0.4, 0.5) is 11.4 Å². The van der Waals surface area contributed by atoms with Gasteiger partial charge in [-0.15, -0.1) is 0 Å². The fourth-order valence-electron chi connectivity index (χ4n) is 3.44. The van der Waals surface area contributed by atoms with Gasteiger partial charge in [0.25, 0.3) is 0 Å². The fourth-order valence-corrected chi connectivity index (χ4v) is 3.44. The number of benzene rings is 2. The third-order valence-corrected chi connectivity index (χ3v) is 5.04. The highest BCUT2D eigenvalue weighted by atomic mass is 16.5. The Morgan fingerprint density at radius 1 is 0.966 bits per heavy atom. The fraction of sp³-hybridized carbons (Fsp3) is 0.292. The van der Waals surface area contributed by atoms with Crippen LogP contribution in [0.3, 0.4) is 0 Å². The van der Waals surface area contributed by atoms with Crippen molar-refractivity contribution >= 4 is 22.9 Å². The van der Waals surface area contributed by atoms with Crippen LogP contribution in [-0.2, 0) is 16.0 Å². The summed E-state index contributed by atoms with van der Waals surface area (Å²) < 4.78 is 10.6. The molecule has 1 aliphatic rings. The second-order valence-electron chi connectivity index (χ2n) is 7.22. The van der Waals surface area contributed by atoms with Crippen LogP contribution >= 0.6 is 0 Å². The number of carbonyl (C=O) groups is 1. The lowest BCUT2D eigenvalue weighted by molar-refractivity contribution is -0.143. The molecule has 2 aromatic carbocycles. The van der Waals surface area contributed by atoms with Crippen LogP contribution in [0.15, 0.2) is 60.2 Å². The smallest absolute Gasteiger partial charge is 0.306 e. The number of allylic oxidation sites excluding steroid dienone is 4. The maximum absolute atomic E-state index is 12.0. The zero-order valence-corrected chi connectivity index (χ0v) is 16.8. The molecule has 152 valence electrons. The van der Waals surface area contributed by atoms with Gasteiger partial charge in [-0.1, -0.05) is 29.9 Å². The van der Waals surface area contributed by atoms with Crippen LogP contribution < -0.4 is 16.2 Å². The normalized spacial score (nSPS) is 13.4. The van der Waals surface area contributed by atoms with E-state index in [1.807, 2.05) is 24.3 Å². The van der Waals surface area contributed by atoms with Crippen LogP contribution in [0, 0.1) is 0 Å². The van der Waals surface area contributed by atoms with Crippen molar-refractivity contribution < 1.29 is 14.3 Å². The van der Waals surface area contributed by atoms with E-state index in [-0.39, 0.29) is 5.97 Å². The Hall–Kier alpha value is -3.21. The van der Waals surface area contributed by atoms with Crippen molar-refractivity contribution in [3.63, 3.8) is 0 Å². The highest BCUT2D eigenvalue weighted by Crippen LogP contribution is 2.29. The molecule has 0 spiro atoms. The molecule has 29 heavy (non-hydrogen) atoms. The van der Waals surface area contributed by atoms with Gasteiger partial charge in [0.2, 0.25) is 0 Å². The molecular weight excluding hydrogens is 364 g/mol. The summed E-state index contributed by atoms with van der Waals surface area (Å²) in [6.45, 7) is 0.336. The Morgan fingerprint density at radius 2 is 1.69 bits per heavy atom. The first kappa shape index (κ1) is 20.5. The van der Waals surface area contributed by atoms with Crippen LogP contribution in [-0.4, -0.2) is 19.7 Å². The molecule has 1 aliphatic carbocycles. The number of hydrogen-bond acceptors (Lipinski definition) is 5. The molecule has 0 bridgehead atoms. The lowest BCUT2D eigenvalue weighted by Gasteiger charge is -2.15. The number of carbonyl (C=O) groups excluding carboxylic acids is 1. The van der Waals surface area contributed by atoms with Crippen molar-refractivity contribution in [2.75, 3.05) is 25.2 Å². The predicted octanol–water partition coefficient (Wildman–Crippen LogP) is 4.53. The van der Waals surface area contributed by atoms with E-state index in [1.54, 1.807) is 13.2 Å². The first-order valence-electron chi connectivity index (χ1n) is 9.87. The summed E-state index contributed by atoms with van der Waals surface area (Å²) in [5, 5.41) is 0. The number of methoxy groups -OCH3 is 1. The van der Waals surface area contributed by atoms with E-state index in [4.69, 9.17) is 20.9 Å². The minimum Gasteiger partial charge on any atom is -0.497 e. The molecule has 0 amide bonds. The Morgan fingerprint density at radius 3 is 2.31 bits per heavy atom. The Kier molecular flexibility index (Phi) is 6.95. The largest absolute Gasteiger partial charge is 0.497 e. The van der Waals surface area contributed by atoms with Gasteiger partial charge in [0.15, 0.2) is 0 Å². The molecule has 0 unspecified atom stereocenters. The van der Waals surface area contributed by atoms with E-state index in [0.29, 0.717) is 30.8 Å². The Balaban J connectivity index is 1.43. The maximum atomic E-state index is 12.0. The average molecular weight is 392 g/mol. The topological polar surface area (TPSA) is 87.6 Å². The van der Waals surface area contributed by atoms with Gasteiger partial charge in [-0.25, -0.2) is 0 Å². The number of anilines is 2. The summed E-state index contributed by atoms with van der Waals surface area (Å²) >= 11 is 0. The summed E-state index contributed by atoms with van der Waals surface area (Å²) in [4.78, 5) is 12.0. The third kappa shape index (κ3) is 6.14. The maximum Gasteiger partial charge on any atom is 0.306 e. The van der Waals surface area contributed by atoms with Gasteiger partial charge in [0.05, 0.1) is 13.7 Å². The van der Waals surface area contributed by atoms with E-state index in [1.165, 1.54) is 16.7 Å². The zero-order chi connectivity index (χ0) is 20.6. The molecule has 0 fully saturated rings. The summed E-state index contributed by atoms with van der Waals surface area (Å²) in [5.41, 5.74) is 17.6. The first-order chi connectivity index (χ1) is 14.0. The van der Waals surface area contributed by atoms with Crippen LogP contribution in [0.5, 0.6) is 5.75 Å². The molecule has 5 heteroatoms. The second kappa shape index (κ2) is 9.82. The second-order valence-corrected chi connectivity index (χ2v) is 7.22. The summed E-state index contributed by atoms with van der Waals surface area (Å²) in [6.07, 6.45) is 7.96. The number of nitrogens with two attached hydrogens (primary N) is 2. The van der Waals surface area contributed by atoms with Crippen molar-refractivity contribution in [1.82, 2.24) is 0 Å². The molecule has 0 aliphatic heterocycles. The van der Waals surface area contributed by atoms with Crippen LogP contribution in [0.1, 0.15) is 36.8 Å². The molecule has 4 N–H and O–H groups in total. The van der Waals surface area contributed by atoms with Crippen molar-refractivity contribution in [2.45, 2.75) is 32.1 Å². The van der Waals surface area contributed by atoms with Gasteiger partial charge >= 0.3 is 5.97 Å². The molecule has 0 heterocycles. The predicted molar refractivity (Wildman–Crippen MR) is 117 cm³/mol. The lowest BCUT2D eigenvalue weighted by Crippen LogP contribution is -2.08. The van der Waals surface area contributed by atoms with Gasteiger partial charge in [-0.2, -0.15) is 0 Å². The van der Waals surface area contributed by atoms with Gasteiger partial charge in [0, 0.05) is 24.2 Å². The number of rotatable bonds is 8. The van der Waals surface area contributed by atoms with Crippen LogP contribution in [0.2, 0.25) is 0 Å². The summed E-state index contributed by atoms with van der Waals surface area (Å²) in [6, 6.07) is 13.5. The Bertz CT molecular complexity index is 894. The van der Waals surface area contributed by atoms with E-state index < -0.39 is 0 Å². The first-order valence-corrected chi connectivity index (χ1v) is 9.87. The van der Waals surface area contributed by atoms with Crippen molar-refractivity contribution in [2.24, 2.45) is 0 Å². The van der Waals surface area contributed by atoms with E-state index in [0.717, 1.165) is 30.6 Å². The van der Waals surface area contributed by atoms with E-state index in [2.05, 4.69) is 24.3 Å². The van der Waals surface area contributed by atoms with Gasteiger partial charge in [-0.3, -0.25) is 4.79 Å². The third-order valence-electron chi connectivity index (χ3n) is 5.04. The van der Waals surface area contributed by atoms with Gasteiger partial charge in [-0.05, 0) is 66.3 Å². The van der Waals surface area contributed by atoms with Crippen molar-refractivity contribution in [3.05, 3.63) is 71.3 Å². The van der Waals surface area contributed by atoms with Crippen molar-refractivity contribution in [1.29, 1.82) is 0 Å². The minimum absolute atomic E-state index is 0.173. The lowest BCUT2D eigenvalue weighted by atomic mass is 9.91. The van der Waals surface area contributed by atoms with Gasteiger partial charge < -0.3 is 20.9 Å². The molecule has 0 atom stereocenters. The number of nitrogen functional groups attached to an aromatic ring is 2. The summed E-state index contributed by atoms with van der Waals surface area (Å²) in [7, 11) is 1.67. The van der Waals surface area contributed by atoms with E-state index in [9.17, 15) is 4.79 Å². The number of ether oxygens (including phenoxy) is 2. The Labute approximate surface area is 172 Å².